The standard InChI is InChI=1S/C15H20N2O5/c1-11(17-14(19)12-6-4-3-5-7-12)15(20)22-10-13(18)16-8-9-21-2/h3-7,11H,8-10H2,1-2H3,(H,16,18)(H,17,19)/t11-/m0/s1. The van der Waals surface area contributed by atoms with Crippen molar-refractivity contribution in [3.8, 4) is 0 Å². The van der Waals surface area contributed by atoms with E-state index in [4.69, 9.17) is 9.47 Å². The Labute approximate surface area is 129 Å². The van der Waals surface area contributed by atoms with Crippen molar-refractivity contribution in [2.45, 2.75) is 13.0 Å². The quantitative estimate of drug-likeness (QED) is 0.525. The molecule has 0 aromatic heterocycles. The highest BCUT2D eigenvalue weighted by Crippen LogP contribution is 1.99. The van der Waals surface area contributed by atoms with Gasteiger partial charge in [-0.15, -0.1) is 0 Å². The Morgan fingerprint density at radius 2 is 1.86 bits per heavy atom. The lowest BCUT2D eigenvalue weighted by atomic mass is 10.2. The molecule has 2 amide bonds. The summed E-state index contributed by atoms with van der Waals surface area (Å²) in [5.41, 5.74) is 0.444. The van der Waals surface area contributed by atoms with Gasteiger partial charge in [-0.25, -0.2) is 4.79 Å². The van der Waals surface area contributed by atoms with E-state index >= 15 is 0 Å². The minimum absolute atomic E-state index is 0.340. The molecule has 22 heavy (non-hydrogen) atoms. The van der Waals surface area contributed by atoms with Crippen LogP contribution in [-0.4, -0.2) is 50.7 Å². The van der Waals surface area contributed by atoms with Crippen molar-refractivity contribution in [1.82, 2.24) is 10.6 Å². The zero-order chi connectivity index (χ0) is 16.4. The Morgan fingerprint density at radius 3 is 2.50 bits per heavy atom. The van der Waals surface area contributed by atoms with Gasteiger partial charge in [0.05, 0.1) is 6.61 Å². The lowest BCUT2D eigenvalue weighted by molar-refractivity contribution is -0.150. The summed E-state index contributed by atoms with van der Waals surface area (Å²) in [6, 6.07) is 7.66. The topological polar surface area (TPSA) is 93.7 Å². The first kappa shape index (κ1) is 17.6. The molecule has 7 nitrogen and oxygen atoms in total. The fourth-order valence-corrected chi connectivity index (χ4v) is 1.53. The molecule has 1 rings (SSSR count). The summed E-state index contributed by atoms with van der Waals surface area (Å²) in [5, 5.41) is 5.02. The molecular formula is C15H20N2O5. The highest BCUT2D eigenvalue weighted by molar-refractivity contribution is 5.96. The van der Waals surface area contributed by atoms with Gasteiger partial charge in [0.25, 0.3) is 11.8 Å². The molecule has 0 bridgehead atoms. The van der Waals surface area contributed by atoms with Gasteiger partial charge in [-0.1, -0.05) is 18.2 Å². The number of carbonyl (C=O) groups is 3. The molecule has 2 N–H and O–H groups in total. The van der Waals surface area contributed by atoms with E-state index in [-0.39, 0.29) is 5.91 Å². The summed E-state index contributed by atoms with van der Waals surface area (Å²) in [6.45, 7) is 1.82. The molecule has 0 fully saturated rings. The van der Waals surface area contributed by atoms with Gasteiger partial charge in [0.1, 0.15) is 6.04 Å². The monoisotopic (exact) mass is 308 g/mol. The first-order valence-corrected chi connectivity index (χ1v) is 6.82. The molecule has 0 aliphatic heterocycles. The minimum atomic E-state index is -0.848. The summed E-state index contributed by atoms with van der Waals surface area (Å²) < 4.78 is 9.60. The summed E-state index contributed by atoms with van der Waals surface area (Å²) >= 11 is 0. The molecule has 0 radical (unpaired) electrons. The zero-order valence-corrected chi connectivity index (χ0v) is 12.6. The normalized spacial score (nSPS) is 11.4. The summed E-state index contributed by atoms with van der Waals surface area (Å²) in [7, 11) is 1.52. The van der Waals surface area contributed by atoms with Gasteiger partial charge < -0.3 is 20.1 Å². The number of esters is 1. The Balaban J connectivity index is 2.33. The first-order chi connectivity index (χ1) is 10.5. The number of methoxy groups -OCH3 is 1. The van der Waals surface area contributed by atoms with E-state index in [0.29, 0.717) is 18.7 Å². The van der Waals surface area contributed by atoms with E-state index in [1.807, 2.05) is 0 Å². The Kier molecular flexibility index (Phi) is 7.63. The number of amides is 2. The highest BCUT2D eigenvalue weighted by Gasteiger charge is 2.18. The molecular weight excluding hydrogens is 288 g/mol. The maximum Gasteiger partial charge on any atom is 0.328 e. The third-order valence-electron chi connectivity index (χ3n) is 2.71. The van der Waals surface area contributed by atoms with Crippen LogP contribution in [0, 0.1) is 0 Å². The molecule has 0 saturated carbocycles. The van der Waals surface area contributed by atoms with Gasteiger partial charge in [0.15, 0.2) is 6.61 Å². The molecule has 0 saturated heterocycles. The average molecular weight is 308 g/mol. The van der Waals surface area contributed by atoms with E-state index in [9.17, 15) is 14.4 Å². The second-order valence-corrected chi connectivity index (χ2v) is 4.51. The van der Waals surface area contributed by atoms with Gasteiger partial charge in [-0.2, -0.15) is 0 Å². The molecule has 7 heteroatoms. The van der Waals surface area contributed by atoms with Gasteiger partial charge in [0, 0.05) is 19.2 Å². The molecule has 0 spiro atoms. The largest absolute Gasteiger partial charge is 0.454 e. The number of hydrogen-bond donors (Lipinski definition) is 2. The van der Waals surface area contributed by atoms with Crippen LogP contribution in [0.3, 0.4) is 0 Å². The second kappa shape index (κ2) is 9.51. The van der Waals surface area contributed by atoms with Crippen LogP contribution in [0.25, 0.3) is 0 Å². The molecule has 1 atom stereocenters. The van der Waals surface area contributed by atoms with Gasteiger partial charge in [-0.3, -0.25) is 9.59 Å². The van der Waals surface area contributed by atoms with Crippen LogP contribution in [0.1, 0.15) is 17.3 Å². The lowest BCUT2D eigenvalue weighted by Crippen LogP contribution is -2.41. The summed E-state index contributed by atoms with van der Waals surface area (Å²) in [4.78, 5) is 34.9. The van der Waals surface area contributed by atoms with Crippen LogP contribution in [0.4, 0.5) is 0 Å². The fourth-order valence-electron chi connectivity index (χ4n) is 1.53. The van der Waals surface area contributed by atoms with Crippen LogP contribution in [-0.2, 0) is 19.1 Å². The molecule has 0 heterocycles. The van der Waals surface area contributed by atoms with Crippen LogP contribution >= 0.6 is 0 Å². The Bertz CT molecular complexity index is 504. The molecule has 0 unspecified atom stereocenters. The van der Waals surface area contributed by atoms with Crippen LogP contribution in [0.2, 0.25) is 0 Å². The second-order valence-electron chi connectivity index (χ2n) is 4.51. The summed E-state index contributed by atoms with van der Waals surface area (Å²) in [5.74, 6) is -1.48. The van der Waals surface area contributed by atoms with Gasteiger partial charge in [0.2, 0.25) is 0 Å². The fraction of sp³-hybridized carbons (Fsp3) is 0.400. The van der Waals surface area contributed by atoms with E-state index in [2.05, 4.69) is 10.6 Å². The maximum absolute atomic E-state index is 11.9. The lowest BCUT2D eigenvalue weighted by Gasteiger charge is -2.13. The highest BCUT2D eigenvalue weighted by atomic mass is 16.5. The van der Waals surface area contributed by atoms with Crippen molar-refractivity contribution in [3.63, 3.8) is 0 Å². The number of carbonyl (C=O) groups excluding carboxylic acids is 3. The molecule has 0 aliphatic rings. The van der Waals surface area contributed by atoms with Crippen molar-refractivity contribution in [2.24, 2.45) is 0 Å². The van der Waals surface area contributed by atoms with Crippen molar-refractivity contribution in [3.05, 3.63) is 35.9 Å². The average Bonchev–Trinajstić information content (AvgIpc) is 2.53. The third kappa shape index (κ3) is 6.36. The number of nitrogens with one attached hydrogen (secondary N) is 2. The van der Waals surface area contributed by atoms with Gasteiger partial charge in [-0.05, 0) is 19.1 Å². The van der Waals surface area contributed by atoms with E-state index in [1.54, 1.807) is 30.3 Å². The van der Waals surface area contributed by atoms with Crippen molar-refractivity contribution in [2.75, 3.05) is 26.9 Å². The Hall–Kier alpha value is -2.41. The van der Waals surface area contributed by atoms with Crippen LogP contribution in [0.15, 0.2) is 30.3 Å². The first-order valence-electron chi connectivity index (χ1n) is 6.82. The predicted molar refractivity (Wildman–Crippen MR) is 79.2 cm³/mol. The summed E-state index contributed by atoms with van der Waals surface area (Å²) in [6.07, 6.45) is 0. The zero-order valence-electron chi connectivity index (χ0n) is 12.6. The van der Waals surface area contributed by atoms with Gasteiger partial charge >= 0.3 is 5.97 Å². The van der Waals surface area contributed by atoms with Crippen LogP contribution < -0.4 is 10.6 Å². The van der Waals surface area contributed by atoms with E-state index in [0.717, 1.165) is 0 Å². The number of hydrogen-bond acceptors (Lipinski definition) is 5. The molecule has 120 valence electrons. The van der Waals surface area contributed by atoms with E-state index < -0.39 is 24.5 Å². The molecule has 0 aliphatic carbocycles. The van der Waals surface area contributed by atoms with Crippen molar-refractivity contribution >= 4 is 17.8 Å². The third-order valence-corrected chi connectivity index (χ3v) is 2.71. The predicted octanol–water partition coefficient (Wildman–Crippen LogP) is 0.111. The Morgan fingerprint density at radius 1 is 1.18 bits per heavy atom. The van der Waals surface area contributed by atoms with Crippen molar-refractivity contribution in [1.29, 1.82) is 0 Å². The molecule has 1 aromatic carbocycles. The maximum atomic E-state index is 11.9. The smallest absolute Gasteiger partial charge is 0.328 e. The number of benzene rings is 1. The SMILES string of the molecule is COCCNC(=O)COC(=O)[C@H](C)NC(=O)c1ccccc1. The van der Waals surface area contributed by atoms with Crippen molar-refractivity contribution < 1.29 is 23.9 Å². The van der Waals surface area contributed by atoms with Crippen LogP contribution in [0.5, 0.6) is 0 Å². The number of ether oxygens (including phenoxy) is 2. The number of rotatable bonds is 8. The minimum Gasteiger partial charge on any atom is -0.454 e. The molecule has 1 aromatic rings. The van der Waals surface area contributed by atoms with E-state index in [1.165, 1.54) is 14.0 Å².